The standard InChI is InChI=1S/C25H24F2N6O2/c1-16(23(26)27)24(34)33-11-7-20(8-12-33)35-22-5-4-17(13-18(22)14-28)21-6-10-30-25(32-21)31-19-3-2-9-29-15-19/h2-6,9-10,13,15-16,20,23H,7-8,11-12H2,1H3,(H,30,31,32)/t16-/m1/s1. The molecule has 1 fully saturated rings. The summed E-state index contributed by atoms with van der Waals surface area (Å²) in [6.07, 6.45) is 3.08. The minimum absolute atomic E-state index is 0.215. The Bertz CT molecular complexity index is 1210. The molecule has 0 saturated carbocycles. The molecule has 4 rings (SSSR count). The van der Waals surface area contributed by atoms with Gasteiger partial charge in [0.15, 0.2) is 0 Å². The fourth-order valence-corrected chi connectivity index (χ4v) is 3.79. The van der Waals surface area contributed by atoms with Crippen molar-refractivity contribution in [1.29, 1.82) is 5.26 Å². The van der Waals surface area contributed by atoms with Gasteiger partial charge < -0.3 is 15.0 Å². The second-order valence-electron chi connectivity index (χ2n) is 8.22. The van der Waals surface area contributed by atoms with E-state index in [1.54, 1.807) is 42.9 Å². The van der Waals surface area contributed by atoms with Crippen molar-refractivity contribution in [3.63, 3.8) is 0 Å². The Balaban J connectivity index is 1.42. The van der Waals surface area contributed by atoms with E-state index in [0.29, 0.717) is 48.9 Å². The molecule has 0 radical (unpaired) electrons. The summed E-state index contributed by atoms with van der Waals surface area (Å²) >= 11 is 0. The van der Waals surface area contributed by atoms with Gasteiger partial charge in [0, 0.05) is 43.9 Å². The molecule has 1 N–H and O–H groups in total. The highest BCUT2D eigenvalue weighted by Crippen LogP contribution is 2.29. The lowest BCUT2D eigenvalue weighted by Gasteiger charge is -2.33. The number of nitrogens with one attached hydrogen (secondary N) is 1. The van der Waals surface area contributed by atoms with Gasteiger partial charge in [-0.25, -0.2) is 18.7 Å². The van der Waals surface area contributed by atoms with Gasteiger partial charge in [-0.3, -0.25) is 9.78 Å². The number of amides is 1. The molecule has 3 aromatic rings. The van der Waals surface area contributed by atoms with E-state index >= 15 is 0 Å². The van der Waals surface area contributed by atoms with Crippen molar-refractivity contribution in [1.82, 2.24) is 19.9 Å². The maximum absolute atomic E-state index is 12.8. The quantitative estimate of drug-likeness (QED) is 0.536. The van der Waals surface area contributed by atoms with Gasteiger partial charge in [0.25, 0.3) is 0 Å². The van der Waals surface area contributed by atoms with Crippen LogP contribution in [0.25, 0.3) is 11.3 Å². The summed E-state index contributed by atoms with van der Waals surface area (Å²) in [7, 11) is 0. The first-order valence-electron chi connectivity index (χ1n) is 11.2. The first-order chi connectivity index (χ1) is 16.9. The third-order valence-electron chi connectivity index (χ3n) is 5.78. The smallest absolute Gasteiger partial charge is 0.249 e. The van der Waals surface area contributed by atoms with E-state index in [9.17, 15) is 18.8 Å². The summed E-state index contributed by atoms with van der Waals surface area (Å²) in [5.41, 5.74) is 2.47. The zero-order valence-corrected chi connectivity index (χ0v) is 19.1. The second-order valence-corrected chi connectivity index (χ2v) is 8.22. The van der Waals surface area contributed by atoms with Gasteiger partial charge >= 0.3 is 0 Å². The van der Waals surface area contributed by atoms with Crippen LogP contribution in [0.5, 0.6) is 5.75 Å². The first kappa shape index (κ1) is 24.0. The number of piperidine rings is 1. The monoisotopic (exact) mass is 478 g/mol. The summed E-state index contributed by atoms with van der Waals surface area (Å²) in [4.78, 5) is 26.4. The number of alkyl halides is 2. The highest BCUT2D eigenvalue weighted by atomic mass is 19.3. The number of carbonyl (C=O) groups excluding carboxylic acids is 1. The van der Waals surface area contributed by atoms with Crippen LogP contribution in [0, 0.1) is 17.2 Å². The zero-order chi connectivity index (χ0) is 24.8. The van der Waals surface area contributed by atoms with Crippen LogP contribution < -0.4 is 10.1 Å². The lowest BCUT2D eigenvalue weighted by molar-refractivity contribution is -0.141. The molecule has 0 spiro atoms. The van der Waals surface area contributed by atoms with Crippen molar-refractivity contribution in [3.8, 4) is 23.1 Å². The minimum Gasteiger partial charge on any atom is -0.489 e. The Morgan fingerprint density at radius 2 is 2.03 bits per heavy atom. The number of nitrogens with zero attached hydrogens (tertiary/aromatic N) is 5. The molecule has 1 aliphatic rings. The van der Waals surface area contributed by atoms with Crippen molar-refractivity contribution < 1.29 is 18.3 Å². The molecule has 0 unspecified atom stereocenters. The second kappa shape index (κ2) is 10.9. The van der Waals surface area contributed by atoms with Crippen LogP contribution in [-0.4, -0.2) is 51.4 Å². The van der Waals surface area contributed by atoms with Gasteiger partial charge in [0.05, 0.1) is 29.1 Å². The van der Waals surface area contributed by atoms with Crippen LogP contribution >= 0.6 is 0 Å². The number of anilines is 2. The molecular formula is C25H24F2N6O2. The molecule has 3 heterocycles. The molecule has 0 aliphatic carbocycles. The van der Waals surface area contributed by atoms with Crippen LogP contribution in [0.4, 0.5) is 20.4 Å². The molecular weight excluding hydrogens is 454 g/mol. The number of halogens is 2. The lowest BCUT2D eigenvalue weighted by atomic mass is 10.0. The summed E-state index contributed by atoms with van der Waals surface area (Å²) in [5, 5.41) is 12.8. The van der Waals surface area contributed by atoms with Gasteiger partial charge in [-0.15, -0.1) is 0 Å². The zero-order valence-electron chi connectivity index (χ0n) is 19.1. The van der Waals surface area contributed by atoms with Crippen LogP contribution in [0.2, 0.25) is 0 Å². The van der Waals surface area contributed by atoms with Gasteiger partial charge in [-0.05, 0) is 43.3 Å². The van der Waals surface area contributed by atoms with E-state index in [0.717, 1.165) is 11.3 Å². The number of ether oxygens (including phenoxy) is 1. The molecule has 8 nitrogen and oxygen atoms in total. The number of hydrogen-bond donors (Lipinski definition) is 1. The van der Waals surface area contributed by atoms with Gasteiger partial charge in [0.1, 0.15) is 17.9 Å². The molecule has 1 aliphatic heterocycles. The van der Waals surface area contributed by atoms with E-state index in [2.05, 4.69) is 26.3 Å². The van der Waals surface area contributed by atoms with Crippen LogP contribution in [-0.2, 0) is 4.79 Å². The summed E-state index contributed by atoms with van der Waals surface area (Å²) < 4.78 is 31.7. The molecule has 1 aromatic carbocycles. The SMILES string of the molecule is C[C@@H](C(=O)N1CCC(Oc2ccc(-c3ccnc(Nc4cccnc4)n3)cc2C#N)CC1)C(F)F. The highest BCUT2D eigenvalue weighted by molar-refractivity contribution is 5.79. The topological polar surface area (TPSA) is 104 Å². The average Bonchev–Trinajstić information content (AvgIpc) is 2.89. The number of likely N-dealkylation sites (tertiary alicyclic amines) is 1. The number of carbonyl (C=O) groups is 1. The molecule has 1 atom stereocenters. The third-order valence-corrected chi connectivity index (χ3v) is 5.78. The largest absolute Gasteiger partial charge is 0.489 e. The Labute approximate surface area is 201 Å². The van der Waals surface area contributed by atoms with Crippen LogP contribution in [0.3, 0.4) is 0 Å². The summed E-state index contributed by atoms with van der Waals surface area (Å²) in [5.74, 6) is -1.02. The van der Waals surface area contributed by atoms with Gasteiger partial charge in [-0.2, -0.15) is 5.26 Å². The van der Waals surface area contributed by atoms with Crippen LogP contribution in [0.1, 0.15) is 25.3 Å². The third kappa shape index (κ3) is 5.87. The molecule has 35 heavy (non-hydrogen) atoms. The molecule has 0 bridgehead atoms. The Kier molecular flexibility index (Phi) is 7.45. The first-order valence-corrected chi connectivity index (χ1v) is 11.2. The molecule has 180 valence electrons. The number of hydrogen-bond acceptors (Lipinski definition) is 7. The van der Waals surface area contributed by atoms with Gasteiger partial charge in [-0.1, -0.05) is 0 Å². The van der Waals surface area contributed by atoms with Crippen molar-refractivity contribution >= 4 is 17.5 Å². The highest BCUT2D eigenvalue weighted by Gasteiger charge is 2.31. The normalized spacial score (nSPS) is 14.9. The maximum Gasteiger partial charge on any atom is 0.249 e. The van der Waals surface area contributed by atoms with Crippen LogP contribution in [0.15, 0.2) is 55.0 Å². The molecule has 1 saturated heterocycles. The van der Waals surface area contributed by atoms with Crippen molar-refractivity contribution in [2.24, 2.45) is 5.92 Å². The Hall–Kier alpha value is -4.13. The average molecular weight is 479 g/mol. The molecule has 2 aromatic heterocycles. The number of nitriles is 1. The predicted molar refractivity (Wildman–Crippen MR) is 125 cm³/mol. The van der Waals surface area contributed by atoms with Crippen molar-refractivity contribution in [2.45, 2.75) is 32.3 Å². The Morgan fingerprint density at radius 1 is 1.23 bits per heavy atom. The predicted octanol–water partition coefficient (Wildman–Crippen LogP) is 4.42. The van der Waals surface area contributed by atoms with Gasteiger partial charge in [0.2, 0.25) is 18.3 Å². The fraction of sp³-hybridized carbons (Fsp3) is 0.320. The number of benzene rings is 1. The number of pyridine rings is 1. The van der Waals surface area contributed by atoms with E-state index in [-0.39, 0.29) is 6.10 Å². The molecule has 1 amide bonds. The fourth-order valence-electron chi connectivity index (χ4n) is 3.79. The lowest BCUT2D eigenvalue weighted by Crippen LogP contribution is -2.45. The van der Waals surface area contributed by atoms with E-state index in [1.165, 1.54) is 11.8 Å². The maximum atomic E-state index is 12.8. The Morgan fingerprint density at radius 3 is 2.71 bits per heavy atom. The van der Waals surface area contributed by atoms with Crippen molar-refractivity contribution in [3.05, 3.63) is 60.6 Å². The summed E-state index contributed by atoms with van der Waals surface area (Å²) in [6, 6.07) is 12.8. The summed E-state index contributed by atoms with van der Waals surface area (Å²) in [6.45, 7) is 1.92. The van der Waals surface area contributed by atoms with E-state index < -0.39 is 18.3 Å². The number of rotatable bonds is 7. The molecule has 10 heteroatoms. The van der Waals surface area contributed by atoms with E-state index in [4.69, 9.17) is 4.74 Å². The number of aromatic nitrogens is 3. The van der Waals surface area contributed by atoms with Crippen molar-refractivity contribution in [2.75, 3.05) is 18.4 Å². The van der Waals surface area contributed by atoms with E-state index in [1.807, 2.05) is 12.1 Å². The minimum atomic E-state index is -2.68.